The van der Waals surface area contributed by atoms with Crippen molar-refractivity contribution in [3.63, 3.8) is 0 Å². The number of methoxy groups -OCH3 is 1. The summed E-state index contributed by atoms with van der Waals surface area (Å²) in [5.41, 5.74) is 1.31. The lowest BCUT2D eigenvalue weighted by molar-refractivity contribution is 0.398. The molecule has 17 heavy (non-hydrogen) atoms. The van der Waals surface area contributed by atoms with Gasteiger partial charge in [0, 0.05) is 12.1 Å². The third kappa shape index (κ3) is 3.22. The first kappa shape index (κ1) is 12.4. The zero-order valence-electron chi connectivity index (χ0n) is 11.1. The number of ether oxygens (including phenoxy) is 1. The van der Waals surface area contributed by atoms with Crippen molar-refractivity contribution in [3.05, 3.63) is 29.8 Å². The lowest BCUT2D eigenvalue weighted by Gasteiger charge is -2.22. The molecule has 0 aromatic heterocycles. The van der Waals surface area contributed by atoms with Crippen LogP contribution in [0.15, 0.2) is 24.3 Å². The predicted octanol–water partition coefficient (Wildman–Crippen LogP) is 3.53. The highest BCUT2D eigenvalue weighted by molar-refractivity contribution is 5.30. The van der Waals surface area contributed by atoms with E-state index in [0.717, 1.165) is 11.7 Å². The Morgan fingerprint density at radius 1 is 1.41 bits per heavy atom. The maximum atomic E-state index is 5.27. The fourth-order valence-corrected chi connectivity index (χ4v) is 2.41. The second-order valence-corrected chi connectivity index (χ2v) is 5.02. The van der Waals surface area contributed by atoms with E-state index in [-0.39, 0.29) is 0 Å². The number of nitrogens with one attached hydrogen (secondary N) is 1. The van der Waals surface area contributed by atoms with Crippen LogP contribution in [0.1, 0.15) is 44.7 Å². The zero-order chi connectivity index (χ0) is 12.3. The predicted molar refractivity (Wildman–Crippen MR) is 71.3 cm³/mol. The van der Waals surface area contributed by atoms with E-state index in [0.29, 0.717) is 12.1 Å². The van der Waals surface area contributed by atoms with E-state index in [1.165, 1.54) is 24.8 Å². The Labute approximate surface area is 104 Å². The highest BCUT2D eigenvalue weighted by Crippen LogP contribution is 2.35. The molecule has 2 atom stereocenters. The average molecular weight is 233 g/mol. The molecule has 0 spiro atoms. The molecular formula is C15H23NO. The molecule has 1 N–H and O–H groups in total. The minimum Gasteiger partial charge on any atom is -0.497 e. The van der Waals surface area contributed by atoms with Gasteiger partial charge in [0.05, 0.1) is 7.11 Å². The summed E-state index contributed by atoms with van der Waals surface area (Å²) in [6.07, 6.45) is 4.02. The van der Waals surface area contributed by atoms with E-state index in [4.69, 9.17) is 4.74 Å². The van der Waals surface area contributed by atoms with Crippen LogP contribution < -0.4 is 10.1 Å². The third-order valence-corrected chi connectivity index (χ3v) is 3.69. The minimum absolute atomic E-state index is 0.399. The number of hydrogen-bond acceptors (Lipinski definition) is 2. The van der Waals surface area contributed by atoms with E-state index in [9.17, 15) is 0 Å². The van der Waals surface area contributed by atoms with Crippen molar-refractivity contribution >= 4 is 0 Å². The van der Waals surface area contributed by atoms with Crippen LogP contribution in [-0.2, 0) is 0 Å². The van der Waals surface area contributed by atoms with Crippen molar-refractivity contribution in [2.24, 2.45) is 5.92 Å². The maximum absolute atomic E-state index is 5.27. The monoisotopic (exact) mass is 233 g/mol. The molecule has 0 heterocycles. The Balaban J connectivity index is 1.99. The van der Waals surface area contributed by atoms with Gasteiger partial charge in [0.15, 0.2) is 0 Å². The third-order valence-electron chi connectivity index (χ3n) is 3.69. The van der Waals surface area contributed by atoms with E-state index in [2.05, 4.69) is 37.4 Å². The van der Waals surface area contributed by atoms with Gasteiger partial charge in [-0.05, 0) is 49.8 Å². The quantitative estimate of drug-likeness (QED) is 0.811. The molecule has 2 nitrogen and oxygen atoms in total. The summed E-state index contributed by atoms with van der Waals surface area (Å²) in [5.74, 6) is 1.85. The molecule has 1 aliphatic rings. The molecule has 1 fully saturated rings. The van der Waals surface area contributed by atoms with Crippen LogP contribution in [0.25, 0.3) is 0 Å². The van der Waals surface area contributed by atoms with Gasteiger partial charge in [0.2, 0.25) is 0 Å². The Kier molecular flexibility index (Phi) is 4.06. The van der Waals surface area contributed by atoms with Gasteiger partial charge in [-0.3, -0.25) is 0 Å². The second kappa shape index (κ2) is 5.54. The summed E-state index contributed by atoms with van der Waals surface area (Å²) in [5, 5.41) is 3.74. The Morgan fingerprint density at radius 2 is 2.18 bits per heavy atom. The molecule has 0 amide bonds. The molecule has 1 aromatic carbocycles. The van der Waals surface area contributed by atoms with Gasteiger partial charge in [0.25, 0.3) is 0 Å². The van der Waals surface area contributed by atoms with Gasteiger partial charge in [-0.25, -0.2) is 0 Å². The van der Waals surface area contributed by atoms with Crippen molar-refractivity contribution in [1.82, 2.24) is 5.32 Å². The molecule has 1 aromatic rings. The molecule has 0 radical (unpaired) electrons. The molecule has 0 aliphatic heterocycles. The van der Waals surface area contributed by atoms with Crippen LogP contribution in [0.2, 0.25) is 0 Å². The lowest BCUT2D eigenvalue weighted by Crippen LogP contribution is -2.32. The molecule has 0 saturated heterocycles. The first-order valence-electron chi connectivity index (χ1n) is 6.64. The minimum atomic E-state index is 0.399. The van der Waals surface area contributed by atoms with Crippen molar-refractivity contribution in [1.29, 1.82) is 0 Å². The number of rotatable bonds is 6. The van der Waals surface area contributed by atoms with Crippen LogP contribution in [0.5, 0.6) is 5.75 Å². The Bertz CT molecular complexity index is 360. The van der Waals surface area contributed by atoms with Crippen LogP contribution >= 0.6 is 0 Å². The van der Waals surface area contributed by atoms with Gasteiger partial charge >= 0.3 is 0 Å². The largest absolute Gasteiger partial charge is 0.497 e. The molecule has 1 saturated carbocycles. The Hall–Kier alpha value is -1.02. The van der Waals surface area contributed by atoms with Gasteiger partial charge in [-0.2, -0.15) is 0 Å². The van der Waals surface area contributed by atoms with Crippen molar-refractivity contribution < 1.29 is 4.74 Å². The van der Waals surface area contributed by atoms with Crippen LogP contribution in [0.4, 0.5) is 0 Å². The smallest absolute Gasteiger partial charge is 0.119 e. The summed E-state index contributed by atoms with van der Waals surface area (Å²) < 4.78 is 5.27. The molecule has 1 aliphatic carbocycles. The number of benzene rings is 1. The topological polar surface area (TPSA) is 21.3 Å². The van der Waals surface area contributed by atoms with E-state index in [1.54, 1.807) is 7.11 Å². The fourth-order valence-electron chi connectivity index (χ4n) is 2.41. The first-order valence-corrected chi connectivity index (χ1v) is 6.64. The van der Waals surface area contributed by atoms with Crippen LogP contribution in [0.3, 0.4) is 0 Å². The van der Waals surface area contributed by atoms with Gasteiger partial charge in [-0.1, -0.05) is 19.1 Å². The summed E-state index contributed by atoms with van der Waals surface area (Å²) >= 11 is 0. The average Bonchev–Trinajstić information content (AvgIpc) is 3.20. The second-order valence-electron chi connectivity index (χ2n) is 5.02. The molecule has 2 rings (SSSR count). The van der Waals surface area contributed by atoms with E-state index >= 15 is 0 Å². The standard InChI is InChI=1S/C15H23NO/c1-4-15(12-8-9-12)16-11(2)13-6-5-7-14(10-13)17-3/h5-7,10-12,15-16H,4,8-9H2,1-3H3/t11-,15?/m1/s1. The molecule has 94 valence electrons. The summed E-state index contributed by atoms with van der Waals surface area (Å²) in [6.45, 7) is 4.51. The lowest BCUT2D eigenvalue weighted by atomic mass is 10.0. The highest BCUT2D eigenvalue weighted by atomic mass is 16.5. The Morgan fingerprint density at radius 3 is 2.76 bits per heavy atom. The maximum Gasteiger partial charge on any atom is 0.119 e. The number of hydrogen-bond donors (Lipinski definition) is 1. The fraction of sp³-hybridized carbons (Fsp3) is 0.600. The molecule has 1 unspecified atom stereocenters. The SMILES string of the molecule is CCC(N[C@H](C)c1cccc(OC)c1)C1CC1. The summed E-state index contributed by atoms with van der Waals surface area (Å²) in [6, 6.07) is 9.42. The van der Waals surface area contributed by atoms with Crippen molar-refractivity contribution in [2.45, 2.75) is 45.2 Å². The zero-order valence-corrected chi connectivity index (χ0v) is 11.1. The van der Waals surface area contributed by atoms with E-state index in [1.807, 2.05) is 6.07 Å². The van der Waals surface area contributed by atoms with Gasteiger partial charge in [0.1, 0.15) is 5.75 Å². The molecule has 0 bridgehead atoms. The molecular weight excluding hydrogens is 210 g/mol. The van der Waals surface area contributed by atoms with Crippen molar-refractivity contribution in [3.8, 4) is 5.75 Å². The molecule has 2 heteroatoms. The summed E-state index contributed by atoms with van der Waals surface area (Å²) in [4.78, 5) is 0. The van der Waals surface area contributed by atoms with Gasteiger partial charge in [-0.15, -0.1) is 0 Å². The summed E-state index contributed by atoms with van der Waals surface area (Å²) in [7, 11) is 1.72. The van der Waals surface area contributed by atoms with Gasteiger partial charge < -0.3 is 10.1 Å². The van der Waals surface area contributed by atoms with E-state index < -0.39 is 0 Å². The van der Waals surface area contributed by atoms with Crippen molar-refractivity contribution in [2.75, 3.05) is 7.11 Å². The first-order chi connectivity index (χ1) is 8.24. The highest BCUT2D eigenvalue weighted by Gasteiger charge is 2.30. The van der Waals surface area contributed by atoms with Crippen LogP contribution in [0, 0.1) is 5.92 Å². The van der Waals surface area contributed by atoms with Crippen LogP contribution in [-0.4, -0.2) is 13.2 Å². The normalized spacial score (nSPS) is 18.8.